The van der Waals surface area contributed by atoms with Crippen molar-refractivity contribution in [2.24, 2.45) is 5.92 Å². The monoisotopic (exact) mass is 273 g/mol. The summed E-state index contributed by atoms with van der Waals surface area (Å²) in [7, 11) is 0. The SMILES string of the molecule is CCCOc1cccc2c1nc(N)n2CCC1CCC1. The highest BCUT2D eigenvalue weighted by Crippen LogP contribution is 2.32. The van der Waals surface area contributed by atoms with Crippen molar-refractivity contribution in [2.45, 2.75) is 45.6 Å². The van der Waals surface area contributed by atoms with E-state index in [-0.39, 0.29) is 0 Å². The highest BCUT2D eigenvalue weighted by Gasteiger charge is 2.19. The highest BCUT2D eigenvalue weighted by atomic mass is 16.5. The van der Waals surface area contributed by atoms with Gasteiger partial charge in [-0.15, -0.1) is 0 Å². The number of fused-ring (bicyclic) bond motifs is 1. The molecule has 0 radical (unpaired) electrons. The Bertz CT molecular complexity index is 587. The molecule has 4 nitrogen and oxygen atoms in total. The van der Waals surface area contributed by atoms with Gasteiger partial charge in [-0.1, -0.05) is 32.3 Å². The van der Waals surface area contributed by atoms with Gasteiger partial charge in [-0.05, 0) is 30.9 Å². The Labute approximate surface area is 119 Å². The molecule has 0 atom stereocenters. The molecule has 1 aromatic carbocycles. The first kappa shape index (κ1) is 13.3. The van der Waals surface area contributed by atoms with Crippen LogP contribution in [0, 0.1) is 5.92 Å². The lowest BCUT2D eigenvalue weighted by molar-refractivity contribution is 0.284. The lowest BCUT2D eigenvalue weighted by Gasteiger charge is -2.25. The third-order valence-electron chi connectivity index (χ3n) is 4.22. The molecule has 1 heterocycles. The zero-order valence-electron chi connectivity index (χ0n) is 12.1. The van der Waals surface area contributed by atoms with Crippen LogP contribution in [0.25, 0.3) is 11.0 Å². The number of nitrogens with zero attached hydrogens (tertiary/aromatic N) is 2. The molecule has 0 spiro atoms. The molecule has 3 rings (SSSR count). The van der Waals surface area contributed by atoms with Gasteiger partial charge in [0, 0.05) is 6.54 Å². The highest BCUT2D eigenvalue weighted by molar-refractivity contribution is 5.84. The quantitative estimate of drug-likeness (QED) is 0.875. The summed E-state index contributed by atoms with van der Waals surface area (Å²) in [6.45, 7) is 3.78. The Morgan fingerprint density at radius 2 is 2.25 bits per heavy atom. The summed E-state index contributed by atoms with van der Waals surface area (Å²) in [6.07, 6.45) is 6.33. The average Bonchev–Trinajstić information content (AvgIpc) is 2.72. The van der Waals surface area contributed by atoms with Crippen molar-refractivity contribution in [3.63, 3.8) is 0 Å². The second-order valence-electron chi connectivity index (χ2n) is 5.68. The summed E-state index contributed by atoms with van der Waals surface area (Å²) in [5.41, 5.74) is 8.08. The molecule has 0 saturated heterocycles. The van der Waals surface area contributed by atoms with Crippen molar-refractivity contribution in [1.29, 1.82) is 0 Å². The van der Waals surface area contributed by atoms with Crippen LogP contribution >= 0.6 is 0 Å². The van der Waals surface area contributed by atoms with Gasteiger partial charge in [0.1, 0.15) is 11.3 Å². The number of aryl methyl sites for hydroxylation is 1. The molecule has 0 bridgehead atoms. The molecule has 0 aliphatic heterocycles. The van der Waals surface area contributed by atoms with Crippen molar-refractivity contribution in [1.82, 2.24) is 9.55 Å². The van der Waals surface area contributed by atoms with Crippen molar-refractivity contribution in [3.8, 4) is 5.75 Å². The summed E-state index contributed by atoms with van der Waals surface area (Å²) in [6, 6.07) is 6.08. The number of rotatable bonds is 6. The third-order valence-corrected chi connectivity index (χ3v) is 4.22. The van der Waals surface area contributed by atoms with Gasteiger partial charge < -0.3 is 15.0 Å². The van der Waals surface area contributed by atoms with E-state index in [0.29, 0.717) is 12.6 Å². The number of para-hydroxylation sites is 1. The second-order valence-corrected chi connectivity index (χ2v) is 5.68. The van der Waals surface area contributed by atoms with Crippen LogP contribution in [-0.2, 0) is 6.54 Å². The topological polar surface area (TPSA) is 53.1 Å². The summed E-state index contributed by atoms with van der Waals surface area (Å²) in [5, 5.41) is 0. The van der Waals surface area contributed by atoms with E-state index in [1.54, 1.807) is 0 Å². The van der Waals surface area contributed by atoms with Gasteiger partial charge in [0.2, 0.25) is 5.95 Å². The molecule has 1 aliphatic carbocycles. The van der Waals surface area contributed by atoms with Gasteiger partial charge in [0.25, 0.3) is 0 Å². The molecule has 0 amide bonds. The van der Waals surface area contributed by atoms with Gasteiger partial charge >= 0.3 is 0 Å². The van der Waals surface area contributed by atoms with Crippen LogP contribution in [0.5, 0.6) is 5.75 Å². The van der Waals surface area contributed by atoms with Gasteiger partial charge in [0.15, 0.2) is 0 Å². The Morgan fingerprint density at radius 3 is 2.95 bits per heavy atom. The zero-order chi connectivity index (χ0) is 13.9. The minimum atomic E-state index is 0.604. The molecule has 0 unspecified atom stereocenters. The molecule has 2 aromatic rings. The van der Waals surface area contributed by atoms with Gasteiger partial charge in [-0.3, -0.25) is 0 Å². The van der Waals surface area contributed by atoms with E-state index in [2.05, 4.69) is 22.5 Å². The van der Waals surface area contributed by atoms with Crippen LogP contribution < -0.4 is 10.5 Å². The largest absolute Gasteiger partial charge is 0.491 e. The zero-order valence-corrected chi connectivity index (χ0v) is 12.1. The van der Waals surface area contributed by atoms with Crippen LogP contribution in [-0.4, -0.2) is 16.2 Å². The van der Waals surface area contributed by atoms with Crippen LogP contribution in [0.15, 0.2) is 18.2 Å². The Morgan fingerprint density at radius 1 is 1.40 bits per heavy atom. The van der Waals surface area contributed by atoms with E-state index in [0.717, 1.165) is 35.7 Å². The summed E-state index contributed by atoms with van der Waals surface area (Å²) >= 11 is 0. The van der Waals surface area contributed by atoms with Crippen molar-refractivity contribution >= 4 is 17.0 Å². The van der Waals surface area contributed by atoms with E-state index in [1.165, 1.54) is 25.7 Å². The predicted molar refractivity (Wildman–Crippen MR) is 81.9 cm³/mol. The fourth-order valence-electron chi connectivity index (χ4n) is 2.80. The lowest BCUT2D eigenvalue weighted by Crippen LogP contribution is -2.14. The molecular weight excluding hydrogens is 250 g/mol. The van der Waals surface area contributed by atoms with E-state index < -0.39 is 0 Å². The number of imidazole rings is 1. The number of nitrogen functional groups attached to an aromatic ring is 1. The Kier molecular flexibility index (Phi) is 3.81. The van der Waals surface area contributed by atoms with Gasteiger partial charge in [-0.25, -0.2) is 4.98 Å². The van der Waals surface area contributed by atoms with Crippen molar-refractivity contribution in [3.05, 3.63) is 18.2 Å². The van der Waals surface area contributed by atoms with Crippen LogP contribution in [0.4, 0.5) is 5.95 Å². The first-order valence-electron chi connectivity index (χ1n) is 7.67. The molecule has 1 saturated carbocycles. The van der Waals surface area contributed by atoms with Crippen LogP contribution in [0.3, 0.4) is 0 Å². The number of benzene rings is 1. The molecule has 108 valence electrons. The fraction of sp³-hybridized carbons (Fsp3) is 0.562. The molecule has 2 N–H and O–H groups in total. The van der Waals surface area contributed by atoms with Crippen LogP contribution in [0.2, 0.25) is 0 Å². The van der Waals surface area contributed by atoms with E-state index in [1.807, 2.05) is 12.1 Å². The minimum Gasteiger partial charge on any atom is -0.491 e. The maximum Gasteiger partial charge on any atom is 0.201 e. The first-order valence-corrected chi connectivity index (χ1v) is 7.67. The second kappa shape index (κ2) is 5.73. The van der Waals surface area contributed by atoms with Gasteiger partial charge in [0.05, 0.1) is 12.1 Å². The lowest BCUT2D eigenvalue weighted by atomic mass is 9.83. The standard InChI is InChI=1S/C16H23N3O/c1-2-11-20-14-8-4-7-13-15(14)18-16(17)19(13)10-9-12-5-3-6-12/h4,7-8,12H,2-3,5-6,9-11H2,1H3,(H2,17,18). The smallest absolute Gasteiger partial charge is 0.201 e. The molecule has 20 heavy (non-hydrogen) atoms. The summed E-state index contributed by atoms with van der Waals surface area (Å²) < 4.78 is 7.89. The average molecular weight is 273 g/mol. The molecule has 1 fully saturated rings. The fourth-order valence-corrected chi connectivity index (χ4v) is 2.80. The maximum atomic E-state index is 6.09. The molecule has 1 aliphatic rings. The van der Waals surface area contributed by atoms with Gasteiger partial charge in [-0.2, -0.15) is 0 Å². The van der Waals surface area contributed by atoms with E-state index >= 15 is 0 Å². The number of nitrogens with two attached hydrogens (primary N) is 1. The molecule has 1 aromatic heterocycles. The third kappa shape index (κ3) is 2.47. The Hall–Kier alpha value is -1.71. The number of ether oxygens (including phenoxy) is 1. The predicted octanol–water partition coefficient (Wildman–Crippen LogP) is 3.60. The molecular formula is C16H23N3O. The van der Waals surface area contributed by atoms with Crippen molar-refractivity contribution < 1.29 is 4.74 Å². The normalized spacial score (nSPS) is 15.4. The first-order chi connectivity index (χ1) is 9.79. The number of hydrogen-bond acceptors (Lipinski definition) is 3. The Balaban J connectivity index is 1.85. The summed E-state index contributed by atoms with van der Waals surface area (Å²) in [5.74, 6) is 2.33. The van der Waals surface area contributed by atoms with E-state index in [9.17, 15) is 0 Å². The van der Waals surface area contributed by atoms with Crippen LogP contribution in [0.1, 0.15) is 39.0 Å². The van der Waals surface area contributed by atoms with E-state index in [4.69, 9.17) is 10.5 Å². The number of anilines is 1. The summed E-state index contributed by atoms with van der Waals surface area (Å²) in [4.78, 5) is 4.50. The number of hydrogen-bond donors (Lipinski definition) is 1. The minimum absolute atomic E-state index is 0.604. The molecule has 4 heteroatoms. The number of aromatic nitrogens is 2. The van der Waals surface area contributed by atoms with Crippen molar-refractivity contribution in [2.75, 3.05) is 12.3 Å². The maximum absolute atomic E-state index is 6.09.